The topological polar surface area (TPSA) is 97.8 Å². The Morgan fingerprint density at radius 2 is 2.12 bits per heavy atom. The van der Waals surface area contributed by atoms with E-state index in [1.807, 2.05) is 20.8 Å². The molecule has 0 spiro atoms. The SMILES string of the molecule is CC(C)(C)c1noc(-c2ccc(C(N)=O)[nH]2)n1. The van der Waals surface area contributed by atoms with Crippen molar-refractivity contribution < 1.29 is 9.32 Å². The molecule has 17 heavy (non-hydrogen) atoms. The first-order valence-electron chi connectivity index (χ1n) is 5.21. The van der Waals surface area contributed by atoms with Crippen molar-refractivity contribution in [1.82, 2.24) is 15.1 Å². The van der Waals surface area contributed by atoms with E-state index in [9.17, 15) is 4.79 Å². The van der Waals surface area contributed by atoms with E-state index < -0.39 is 5.91 Å². The van der Waals surface area contributed by atoms with Crippen LogP contribution in [0.1, 0.15) is 37.1 Å². The van der Waals surface area contributed by atoms with Gasteiger partial charge in [0.1, 0.15) is 11.4 Å². The summed E-state index contributed by atoms with van der Waals surface area (Å²) in [5.74, 6) is 0.442. The summed E-state index contributed by atoms with van der Waals surface area (Å²) >= 11 is 0. The summed E-state index contributed by atoms with van der Waals surface area (Å²) in [4.78, 5) is 18.0. The van der Waals surface area contributed by atoms with Crippen LogP contribution in [0.4, 0.5) is 0 Å². The average molecular weight is 234 g/mol. The molecule has 0 aliphatic rings. The van der Waals surface area contributed by atoms with Crippen LogP contribution in [-0.4, -0.2) is 21.0 Å². The molecule has 0 saturated carbocycles. The van der Waals surface area contributed by atoms with Crippen LogP contribution in [0.5, 0.6) is 0 Å². The molecule has 0 aliphatic carbocycles. The smallest absolute Gasteiger partial charge is 0.274 e. The normalized spacial score (nSPS) is 11.7. The molecule has 0 aromatic carbocycles. The van der Waals surface area contributed by atoms with Gasteiger partial charge in [0.25, 0.3) is 11.8 Å². The molecule has 2 rings (SSSR count). The third kappa shape index (κ3) is 2.20. The standard InChI is InChI=1S/C11H14N4O2/c1-11(2,3)10-14-9(17-15-10)7-5-4-6(13-7)8(12)16/h4-5,13H,1-3H3,(H2,12,16). The number of H-pyrrole nitrogens is 1. The Hall–Kier alpha value is -2.11. The lowest BCUT2D eigenvalue weighted by Crippen LogP contribution is -2.13. The number of primary amides is 1. The van der Waals surface area contributed by atoms with E-state index in [0.29, 0.717) is 23.1 Å². The number of rotatable bonds is 2. The molecule has 6 nitrogen and oxygen atoms in total. The first-order chi connectivity index (χ1) is 7.88. The molecular weight excluding hydrogens is 220 g/mol. The van der Waals surface area contributed by atoms with Crippen molar-refractivity contribution in [2.45, 2.75) is 26.2 Å². The van der Waals surface area contributed by atoms with E-state index in [1.54, 1.807) is 12.1 Å². The first kappa shape index (κ1) is 11.4. The van der Waals surface area contributed by atoms with Gasteiger partial charge in [-0.05, 0) is 12.1 Å². The molecule has 0 radical (unpaired) electrons. The van der Waals surface area contributed by atoms with Crippen molar-refractivity contribution in [2.75, 3.05) is 0 Å². The molecular formula is C11H14N4O2. The molecule has 2 aromatic heterocycles. The van der Waals surface area contributed by atoms with Crippen LogP contribution in [0.25, 0.3) is 11.6 Å². The van der Waals surface area contributed by atoms with Crippen LogP contribution >= 0.6 is 0 Å². The highest BCUT2D eigenvalue weighted by Crippen LogP contribution is 2.22. The van der Waals surface area contributed by atoms with Crippen molar-refractivity contribution >= 4 is 5.91 Å². The average Bonchev–Trinajstić information content (AvgIpc) is 2.85. The Bertz CT molecular complexity index is 548. The highest BCUT2D eigenvalue weighted by molar-refractivity contribution is 5.91. The predicted octanol–water partition coefficient (Wildman–Crippen LogP) is 1.46. The number of nitrogens with zero attached hydrogens (tertiary/aromatic N) is 2. The van der Waals surface area contributed by atoms with Gasteiger partial charge in [-0.3, -0.25) is 4.79 Å². The summed E-state index contributed by atoms with van der Waals surface area (Å²) < 4.78 is 5.13. The molecule has 0 atom stereocenters. The van der Waals surface area contributed by atoms with Crippen LogP contribution in [0.15, 0.2) is 16.7 Å². The fourth-order valence-electron chi connectivity index (χ4n) is 1.30. The van der Waals surface area contributed by atoms with Gasteiger partial charge in [0.05, 0.1) is 0 Å². The zero-order valence-corrected chi connectivity index (χ0v) is 9.94. The van der Waals surface area contributed by atoms with Crippen LogP contribution < -0.4 is 5.73 Å². The van der Waals surface area contributed by atoms with Crippen molar-refractivity contribution in [3.63, 3.8) is 0 Å². The second kappa shape index (κ2) is 3.73. The highest BCUT2D eigenvalue weighted by Gasteiger charge is 2.22. The highest BCUT2D eigenvalue weighted by atomic mass is 16.5. The number of aromatic nitrogens is 3. The molecule has 90 valence electrons. The number of nitrogens with one attached hydrogen (secondary N) is 1. The van der Waals surface area contributed by atoms with E-state index in [2.05, 4.69) is 15.1 Å². The Morgan fingerprint density at radius 3 is 2.59 bits per heavy atom. The van der Waals surface area contributed by atoms with Crippen LogP contribution in [0, 0.1) is 0 Å². The number of hydrogen-bond donors (Lipinski definition) is 2. The quantitative estimate of drug-likeness (QED) is 0.821. The zero-order chi connectivity index (χ0) is 12.6. The Morgan fingerprint density at radius 1 is 1.41 bits per heavy atom. The summed E-state index contributed by atoms with van der Waals surface area (Å²) in [5.41, 5.74) is 5.86. The lowest BCUT2D eigenvalue weighted by atomic mass is 9.96. The largest absolute Gasteiger partial charge is 0.364 e. The number of aromatic amines is 1. The molecule has 0 fully saturated rings. The maximum atomic E-state index is 10.9. The van der Waals surface area contributed by atoms with Crippen molar-refractivity contribution in [1.29, 1.82) is 0 Å². The number of carbonyl (C=O) groups excluding carboxylic acids is 1. The van der Waals surface area contributed by atoms with Crippen molar-refractivity contribution in [3.8, 4) is 11.6 Å². The second-order valence-electron chi connectivity index (χ2n) is 4.82. The maximum Gasteiger partial charge on any atom is 0.274 e. The minimum atomic E-state index is -0.521. The van der Waals surface area contributed by atoms with Gasteiger partial charge in [0, 0.05) is 5.41 Å². The van der Waals surface area contributed by atoms with Gasteiger partial charge < -0.3 is 15.2 Å². The maximum absolute atomic E-state index is 10.9. The number of carbonyl (C=O) groups is 1. The van der Waals surface area contributed by atoms with Gasteiger partial charge in [0.2, 0.25) is 0 Å². The molecule has 0 unspecified atom stereocenters. The number of amides is 1. The lowest BCUT2D eigenvalue weighted by Gasteiger charge is -2.10. The summed E-state index contributed by atoms with van der Waals surface area (Å²) in [6.45, 7) is 5.97. The predicted molar refractivity (Wildman–Crippen MR) is 61.3 cm³/mol. The molecule has 1 amide bonds. The summed E-state index contributed by atoms with van der Waals surface area (Å²) in [7, 11) is 0. The van der Waals surface area contributed by atoms with E-state index in [4.69, 9.17) is 10.3 Å². The molecule has 3 N–H and O–H groups in total. The van der Waals surface area contributed by atoms with Crippen LogP contribution in [-0.2, 0) is 5.41 Å². The Labute approximate surface area is 98.2 Å². The number of nitrogens with two attached hydrogens (primary N) is 1. The summed E-state index contributed by atoms with van der Waals surface area (Å²) in [6, 6.07) is 3.26. The summed E-state index contributed by atoms with van der Waals surface area (Å²) in [6.07, 6.45) is 0. The molecule has 0 aliphatic heterocycles. The monoisotopic (exact) mass is 234 g/mol. The first-order valence-corrected chi connectivity index (χ1v) is 5.21. The fourth-order valence-corrected chi connectivity index (χ4v) is 1.30. The van der Waals surface area contributed by atoms with Crippen LogP contribution in [0.2, 0.25) is 0 Å². The third-order valence-electron chi connectivity index (χ3n) is 2.28. The number of hydrogen-bond acceptors (Lipinski definition) is 4. The van der Waals surface area contributed by atoms with Crippen LogP contribution in [0.3, 0.4) is 0 Å². The molecule has 0 bridgehead atoms. The summed E-state index contributed by atoms with van der Waals surface area (Å²) in [5, 5.41) is 3.90. The molecule has 6 heteroatoms. The third-order valence-corrected chi connectivity index (χ3v) is 2.28. The van der Waals surface area contributed by atoms with Crippen molar-refractivity contribution in [3.05, 3.63) is 23.7 Å². The fraction of sp³-hybridized carbons (Fsp3) is 0.364. The lowest BCUT2D eigenvalue weighted by molar-refractivity contribution is 0.0996. The van der Waals surface area contributed by atoms with Gasteiger partial charge in [-0.15, -0.1) is 0 Å². The van der Waals surface area contributed by atoms with E-state index in [1.165, 1.54) is 0 Å². The molecule has 2 aromatic rings. The second-order valence-corrected chi connectivity index (χ2v) is 4.82. The minimum absolute atomic E-state index is 0.180. The zero-order valence-electron chi connectivity index (χ0n) is 9.94. The van der Waals surface area contributed by atoms with Gasteiger partial charge in [-0.2, -0.15) is 4.98 Å². The van der Waals surface area contributed by atoms with Gasteiger partial charge in [-0.1, -0.05) is 25.9 Å². The Kier molecular flexibility index (Phi) is 2.49. The minimum Gasteiger partial charge on any atom is -0.364 e. The van der Waals surface area contributed by atoms with E-state index in [-0.39, 0.29) is 5.41 Å². The molecule has 2 heterocycles. The van der Waals surface area contributed by atoms with Crippen molar-refractivity contribution in [2.24, 2.45) is 5.73 Å². The molecule has 0 saturated heterocycles. The van der Waals surface area contributed by atoms with E-state index in [0.717, 1.165) is 0 Å². The Balaban J connectivity index is 2.34. The van der Waals surface area contributed by atoms with E-state index >= 15 is 0 Å². The van der Waals surface area contributed by atoms with Gasteiger partial charge in [-0.25, -0.2) is 0 Å². The van der Waals surface area contributed by atoms with Gasteiger partial charge >= 0.3 is 0 Å². The van der Waals surface area contributed by atoms with Gasteiger partial charge in [0.15, 0.2) is 5.82 Å².